The molecule has 1 fully saturated rings. The van der Waals surface area contributed by atoms with Crippen LogP contribution in [0.1, 0.15) is 35.7 Å². The lowest BCUT2D eigenvalue weighted by Crippen LogP contribution is -2.30. The zero-order valence-corrected chi connectivity index (χ0v) is 16.9. The Kier molecular flexibility index (Phi) is 6.41. The summed E-state index contributed by atoms with van der Waals surface area (Å²) in [6.45, 7) is 4.57. The van der Waals surface area contributed by atoms with Gasteiger partial charge in [0.1, 0.15) is 11.5 Å². The van der Waals surface area contributed by atoms with Gasteiger partial charge in [-0.1, -0.05) is 6.07 Å². The maximum Gasteiger partial charge on any atom is 0.373 e. The third-order valence-electron chi connectivity index (χ3n) is 4.20. The van der Waals surface area contributed by atoms with E-state index in [2.05, 4.69) is 10.1 Å². The highest BCUT2D eigenvalue weighted by Crippen LogP contribution is 2.30. The van der Waals surface area contributed by atoms with Gasteiger partial charge in [0.15, 0.2) is 11.5 Å². The van der Waals surface area contributed by atoms with Gasteiger partial charge < -0.3 is 23.9 Å². The van der Waals surface area contributed by atoms with Crippen LogP contribution in [0.25, 0.3) is 6.08 Å². The SMILES string of the molecule is CCOc1ccc(C=C2NC(=O)N(Cc3ccc(C(=O)OC)o3)C2=O)cc1OCC. The van der Waals surface area contributed by atoms with Crippen molar-refractivity contribution in [3.05, 3.63) is 53.1 Å². The molecule has 3 rings (SSSR count). The van der Waals surface area contributed by atoms with E-state index in [0.717, 1.165) is 4.90 Å². The maximum absolute atomic E-state index is 12.7. The molecule has 1 aliphatic rings. The van der Waals surface area contributed by atoms with Crippen LogP contribution in [-0.2, 0) is 16.1 Å². The number of imide groups is 1. The van der Waals surface area contributed by atoms with Crippen molar-refractivity contribution in [2.45, 2.75) is 20.4 Å². The number of carbonyl (C=O) groups excluding carboxylic acids is 3. The second-order valence-corrected chi connectivity index (χ2v) is 6.21. The number of urea groups is 1. The molecule has 3 amide bonds. The molecule has 0 radical (unpaired) electrons. The van der Waals surface area contributed by atoms with Gasteiger partial charge in [-0.3, -0.25) is 9.69 Å². The van der Waals surface area contributed by atoms with E-state index in [1.165, 1.54) is 19.2 Å². The van der Waals surface area contributed by atoms with E-state index in [0.29, 0.717) is 30.3 Å². The Balaban J connectivity index is 1.78. The lowest BCUT2D eigenvalue weighted by atomic mass is 10.1. The van der Waals surface area contributed by atoms with Gasteiger partial charge >= 0.3 is 12.0 Å². The monoisotopic (exact) mass is 414 g/mol. The van der Waals surface area contributed by atoms with Gasteiger partial charge in [-0.05, 0) is 49.8 Å². The molecule has 2 aromatic rings. The Hall–Kier alpha value is -3.75. The molecule has 1 aliphatic heterocycles. The van der Waals surface area contributed by atoms with Gasteiger partial charge in [-0.25, -0.2) is 9.59 Å². The third-order valence-corrected chi connectivity index (χ3v) is 4.20. The van der Waals surface area contributed by atoms with Crippen molar-refractivity contribution in [1.29, 1.82) is 0 Å². The number of furan rings is 1. The zero-order valence-electron chi connectivity index (χ0n) is 16.9. The zero-order chi connectivity index (χ0) is 21.7. The number of ether oxygens (including phenoxy) is 3. The van der Waals surface area contributed by atoms with Gasteiger partial charge in [-0.15, -0.1) is 0 Å². The highest BCUT2D eigenvalue weighted by atomic mass is 16.5. The van der Waals surface area contributed by atoms with E-state index >= 15 is 0 Å². The summed E-state index contributed by atoms with van der Waals surface area (Å²) in [6, 6.07) is 7.59. The van der Waals surface area contributed by atoms with E-state index in [-0.39, 0.29) is 23.8 Å². The number of hydrogen-bond donors (Lipinski definition) is 1. The molecule has 2 heterocycles. The number of benzene rings is 1. The number of hydrogen-bond acceptors (Lipinski definition) is 7. The predicted molar refractivity (Wildman–Crippen MR) is 106 cm³/mol. The highest BCUT2D eigenvalue weighted by molar-refractivity contribution is 6.13. The molecular formula is C21H22N2O7. The van der Waals surface area contributed by atoms with E-state index in [1.54, 1.807) is 24.3 Å². The Morgan fingerprint density at radius 1 is 1.10 bits per heavy atom. The van der Waals surface area contributed by atoms with Crippen molar-refractivity contribution in [3.63, 3.8) is 0 Å². The van der Waals surface area contributed by atoms with Crippen molar-refractivity contribution in [2.75, 3.05) is 20.3 Å². The summed E-state index contributed by atoms with van der Waals surface area (Å²) in [6.07, 6.45) is 1.56. The molecule has 0 aliphatic carbocycles. The molecule has 0 unspecified atom stereocenters. The van der Waals surface area contributed by atoms with Crippen LogP contribution in [0.4, 0.5) is 4.79 Å². The number of amides is 3. The van der Waals surface area contributed by atoms with E-state index in [4.69, 9.17) is 13.9 Å². The molecule has 1 saturated heterocycles. The molecule has 1 aromatic carbocycles. The van der Waals surface area contributed by atoms with Gasteiger partial charge in [0.2, 0.25) is 5.76 Å². The quantitative estimate of drug-likeness (QED) is 0.402. The molecule has 0 spiro atoms. The van der Waals surface area contributed by atoms with Crippen LogP contribution >= 0.6 is 0 Å². The highest BCUT2D eigenvalue weighted by Gasteiger charge is 2.34. The van der Waals surface area contributed by atoms with Crippen LogP contribution in [-0.4, -0.2) is 43.1 Å². The van der Waals surface area contributed by atoms with Crippen molar-refractivity contribution in [3.8, 4) is 11.5 Å². The van der Waals surface area contributed by atoms with Crippen molar-refractivity contribution in [2.24, 2.45) is 0 Å². The fourth-order valence-corrected chi connectivity index (χ4v) is 2.87. The van der Waals surface area contributed by atoms with E-state index in [9.17, 15) is 14.4 Å². The van der Waals surface area contributed by atoms with Crippen molar-refractivity contribution in [1.82, 2.24) is 10.2 Å². The number of methoxy groups -OCH3 is 1. The van der Waals surface area contributed by atoms with Gasteiger partial charge in [0.25, 0.3) is 5.91 Å². The number of nitrogens with zero attached hydrogens (tertiary/aromatic N) is 1. The second kappa shape index (κ2) is 9.17. The minimum absolute atomic E-state index is 0.00633. The van der Waals surface area contributed by atoms with Gasteiger partial charge in [0.05, 0.1) is 26.9 Å². The minimum atomic E-state index is -0.639. The van der Waals surface area contributed by atoms with E-state index < -0.39 is 17.9 Å². The van der Waals surface area contributed by atoms with Crippen LogP contribution in [0.3, 0.4) is 0 Å². The van der Waals surface area contributed by atoms with Crippen LogP contribution in [0.5, 0.6) is 11.5 Å². The first kappa shape index (κ1) is 21.0. The Bertz CT molecular complexity index is 993. The predicted octanol–water partition coefficient (Wildman–Crippen LogP) is 2.96. The fourth-order valence-electron chi connectivity index (χ4n) is 2.87. The first-order chi connectivity index (χ1) is 14.5. The van der Waals surface area contributed by atoms with Gasteiger partial charge in [-0.2, -0.15) is 0 Å². The maximum atomic E-state index is 12.7. The Morgan fingerprint density at radius 3 is 2.53 bits per heavy atom. The number of carbonyl (C=O) groups is 3. The average Bonchev–Trinajstić information content (AvgIpc) is 3.30. The summed E-state index contributed by atoms with van der Waals surface area (Å²) < 4.78 is 21.0. The molecule has 30 heavy (non-hydrogen) atoms. The first-order valence-corrected chi connectivity index (χ1v) is 9.38. The van der Waals surface area contributed by atoms with E-state index in [1.807, 2.05) is 13.8 Å². The smallest absolute Gasteiger partial charge is 0.373 e. The van der Waals surface area contributed by atoms with Crippen molar-refractivity contribution < 1.29 is 33.0 Å². The summed E-state index contributed by atoms with van der Waals surface area (Å²) in [4.78, 5) is 37.4. The summed E-state index contributed by atoms with van der Waals surface area (Å²) in [5.41, 5.74) is 0.782. The van der Waals surface area contributed by atoms with Crippen LogP contribution < -0.4 is 14.8 Å². The third kappa shape index (κ3) is 4.45. The fraction of sp³-hybridized carbons (Fsp3) is 0.286. The molecule has 1 N–H and O–H groups in total. The second-order valence-electron chi connectivity index (χ2n) is 6.21. The molecule has 0 saturated carbocycles. The largest absolute Gasteiger partial charge is 0.490 e. The normalized spacial score (nSPS) is 14.8. The standard InChI is InChI=1S/C21H22N2O7/c1-4-28-16-8-6-13(11-18(16)29-5-2)10-15-19(24)23(21(26)22-15)12-14-7-9-17(30-14)20(25)27-3/h6-11H,4-5,12H2,1-3H3,(H,22,26). The number of nitrogens with one attached hydrogen (secondary N) is 1. The summed E-state index contributed by atoms with van der Waals surface area (Å²) in [5.74, 6) is 0.271. The lowest BCUT2D eigenvalue weighted by molar-refractivity contribution is -0.123. The van der Waals surface area contributed by atoms with Crippen LogP contribution in [0.2, 0.25) is 0 Å². The number of rotatable bonds is 8. The summed E-state index contributed by atoms with van der Waals surface area (Å²) in [5, 5.41) is 2.55. The Labute approximate surface area is 173 Å². The first-order valence-electron chi connectivity index (χ1n) is 9.38. The molecule has 9 heteroatoms. The molecule has 1 aromatic heterocycles. The lowest BCUT2D eigenvalue weighted by Gasteiger charge is -2.11. The van der Waals surface area contributed by atoms with Gasteiger partial charge in [0, 0.05) is 0 Å². The van der Waals surface area contributed by atoms with Crippen molar-refractivity contribution >= 4 is 24.0 Å². The minimum Gasteiger partial charge on any atom is -0.490 e. The molecular weight excluding hydrogens is 392 g/mol. The average molecular weight is 414 g/mol. The molecule has 158 valence electrons. The molecule has 0 bridgehead atoms. The summed E-state index contributed by atoms with van der Waals surface area (Å²) in [7, 11) is 1.23. The topological polar surface area (TPSA) is 107 Å². The van der Waals surface area contributed by atoms with Crippen LogP contribution in [0, 0.1) is 0 Å². The number of esters is 1. The molecule has 0 atom stereocenters. The van der Waals surface area contributed by atoms with Crippen LogP contribution in [0.15, 0.2) is 40.4 Å². The molecule has 9 nitrogen and oxygen atoms in total. The summed E-state index contributed by atoms with van der Waals surface area (Å²) >= 11 is 0. The Morgan fingerprint density at radius 2 is 1.83 bits per heavy atom.